The van der Waals surface area contributed by atoms with Crippen LogP contribution in [0.2, 0.25) is 0 Å². The number of aromatic nitrogens is 1. The molecular weight excluding hydrogens is 220 g/mol. The average molecular weight is 232 g/mol. The highest BCUT2D eigenvalue weighted by Crippen LogP contribution is 2.26. The molecule has 0 aliphatic carbocycles. The summed E-state index contributed by atoms with van der Waals surface area (Å²) in [5, 5.41) is 15.6. The fourth-order valence-corrected chi connectivity index (χ4v) is 1.58. The molecule has 17 heavy (non-hydrogen) atoms. The lowest BCUT2D eigenvalue weighted by Gasteiger charge is -2.01. The Bertz CT molecular complexity index is 543. The summed E-state index contributed by atoms with van der Waals surface area (Å²) in [7, 11) is 1.55. The molecule has 5 nitrogen and oxygen atoms in total. The van der Waals surface area contributed by atoms with Gasteiger partial charge in [-0.1, -0.05) is 5.16 Å². The second-order valence-electron chi connectivity index (χ2n) is 3.59. The topological polar surface area (TPSA) is 75.4 Å². The fourth-order valence-electron chi connectivity index (χ4n) is 1.58. The van der Waals surface area contributed by atoms with Gasteiger partial charge in [0.25, 0.3) is 5.91 Å². The molecule has 1 aromatic heterocycles. The Morgan fingerprint density at radius 2 is 2.00 bits per heavy atom. The van der Waals surface area contributed by atoms with Crippen molar-refractivity contribution in [3.05, 3.63) is 35.6 Å². The number of benzene rings is 1. The van der Waals surface area contributed by atoms with Gasteiger partial charge in [0.2, 0.25) is 0 Å². The molecule has 0 saturated carbocycles. The molecule has 1 amide bonds. The Labute approximate surface area is 98.1 Å². The zero-order valence-corrected chi connectivity index (χ0v) is 9.52. The summed E-state index contributed by atoms with van der Waals surface area (Å²) in [6.45, 7) is 1.68. The highest BCUT2D eigenvalue weighted by Gasteiger charge is 2.20. The largest absolute Gasteiger partial charge is 0.508 e. The van der Waals surface area contributed by atoms with Gasteiger partial charge in [0.1, 0.15) is 22.8 Å². The van der Waals surface area contributed by atoms with E-state index in [0.29, 0.717) is 17.0 Å². The number of amides is 1. The van der Waals surface area contributed by atoms with Crippen molar-refractivity contribution in [2.75, 3.05) is 7.05 Å². The van der Waals surface area contributed by atoms with E-state index in [1.807, 2.05) is 0 Å². The number of phenols is 1. The first-order chi connectivity index (χ1) is 8.13. The number of nitrogens with zero attached hydrogens (tertiary/aromatic N) is 1. The van der Waals surface area contributed by atoms with Crippen molar-refractivity contribution in [2.45, 2.75) is 6.92 Å². The van der Waals surface area contributed by atoms with Crippen LogP contribution in [0, 0.1) is 6.92 Å². The van der Waals surface area contributed by atoms with Crippen molar-refractivity contribution in [3.8, 4) is 17.0 Å². The van der Waals surface area contributed by atoms with E-state index in [-0.39, 0.29) is 11.7 Å². The predicted octanol–water partition coefficient (Wildman–Crippen LogP) is 1.72. The zero-order valence-electron chi connectivity index (χ0n) is 9.52. The number of aryl methyl sites for hydroxylation is 1. The van der Waals surface area contributed by atoms with Gasteiger partial charge in [-0.2, -0.15) is 0 Å². The summed E-state index contributed by atoms with van der Waals surface area (Å²) in [6, 6.07) is 6.43. The third kappa shape index (κ3) is 1.99. The number of hydrogen-bond donors (Lipinski definition) is 2. The lowest BCUT2D eigenvalue weighted by atomic mass is 10.1. The van der Waals surface area contributed by atoms with Gasteiger partial charge in [0, 0.05) is 12.6 Å². The summed E-state index contributed by atoms with van der Waals surface area (Å²) in [5.74, 6) is 0.384. The first kappa shape index (κ1) is 11.2. The highest BCUT2D eigenvalue weighted by molar-refractivity contribution is 6.00. The van der Waals surface area contributed by atoms with Crippen LogP contribution >= 0.6 is 0 Å². The number of aromatic hydroxyl groups is 1. The first-order valence-corrected chi connectivity index (χ1v) is 5.11. The Morgan fingerprint density at radius 3 is 2.59 bits per heavy atom. The predicted molar refractivity (Wildman–Crippen MR) is 61.7 cm³/mol. The van der Waals surface area contributed by atoms with Crippen LogP contribution in [0.5, 0.6) is 5.75 Å². The molecule has 0 radical (unpaired) electrons. The second kappa shape index (κ2) is 4.29. The molecule has 0 aliphatic rings. The normalized spacial score (nSPS) is 10.2. The summed E-state index contributed by atoms with van der Waals surface area (Å²) < 4.78 is 5.03. The number of carbonyl (C=O) groups excluding carboxylic acids is 1. The number of phenolic OH excluding ortho intramolecular Hbond substituents is 1. The van der Waals surface area contributed by atoms with Crippen molar-refractivity contribution < 1.29 is 14.4 Å². The summed E-state index contributed by atoms with van der Waals surface area (Å²) >= 11 is 0. The van der Waals surface area contributed by atoms with E-state index in [1.54, 1.807) is 26.1 Å². The van der Waals surface area contributed by atoms with Crippen LogP contribution in [0.1, 0.15) is 16.1 Å². The SMILES string of the molecule is CNC(=O)c1c(-c2ccc(O)cc2)noc1C. The van der Waals surface area contributed by atoms with Crippen LogP contribution in [0.4, 0.5) is 0 Å². The molecule has 5 heteroatoms. The van der Waals surface area contributed by atoms with Crippen LogP contribution in [0.3, 0.4) is 0 Å². The maximum atomic E-state index is 11.7. The quantitative estimate of drug-likeness (QED) is 0.826. The minimum atomic E-state index is -0.244. The van der Waals surface area contributed by atoms with Crippen molar-refractivity contribution in [3.63, 3.8) is 0 Å². The van der Waals surface area contributed by atoms with Gasteiger partial charge < -0.3 is 14.9 Å². The molecule has 0 saturated heterocycles. The molecule has 0 unspecified atom stereocenters. The molecule has 2 aromatic rings. The Balaban J connectivity index is 2.52. The number of carbonyl (C=O) groups is 1. The molecule has 0 aliphatic heterocycles. The van der Waals surface area contributed by atoms with Crippen LogP contribution in [0.15, 0.2) is 28.8 Å². The van der Waals surface area contributed by atoms with Crippen molar-refractivity contribution in [2.24, 2.45) is 0 Å². The fraction of sp³-hybridized carbons (Fsp3) is 0.167. The van der Waals surface area contributed by atoms with Gasteiger partial charge in [-0.05, 0) is 31.2 Å². The first-order valence-electron chi connectivity index (χ1n) is 5.11. The van der Waals surface area contributed by atoms with Gasteiger partial charge in [0.15, 0.2) is 0 Å². The lowest BCUT2D eigenvalue weighted by Crippen LogP contribution is -2.18. The van der Waals surface area contributed by atoms with Crippen LogP contribution < -0.4 is 5.32 Å². The van der Waals surface area contributed by atoms with E-state index < -0.39 is 0 Å². The summed E-state index contributed by atoms with van der Waals surface area (Å²) in [4.78, 5) is 11.7. The van der Waals surface area contributed by atoms with E-state index in [9.17, 15) is 9.90 Å². The smallest absolute Gasteiger partial charge is 0.256 e. The van der Waals surface area contributed by atoms with Crippen LogP contribution in [-0.2, 0) is 0 Å². The molecule has 1 aromatic carbocycles. The zero-order chi connectivity index (χ0) is 12.4. The molecule has 0 atom stereocenters. The van der Waals surface area contributed by atoms with E-state index in [2.05, 4.69) is 10.5 Å². The van der Waals surface area contributed by atoms with Gasteiger partial charge in [-0.15, -0.1) is 0 Å². The number of hydrogen-bond acceptors (Lipinski definition) is 4. The Hall–Kier alpha value is -2.30. The molecule has 0 spiro atoms. The molecule has 0 bridgehead atoms. The van der Waals surface area contributed by atoms with Crippen molar-refractivity contribution in [1.82, 2.24) is 10.5 Å². The molecule has 2 N–H and O–H groups in total. The van der Waals surface area contributed by atoms with E-state index in [4.69, 9.17) is 4.52 Å². The maximum absolute atomic E-state index is 11.7. The van der Waals surface area contributed by atoms with Gasteiger partial charge >= 0.3 is 0 Å². The molecule has 2 rings (SSSR count). The highest BCUT2D eigenvalue weighted by atomic mass is 16.5. The Kier molecular flexibility index (Phi) is 2.82. The number of rotatable bonds is 2. The summed E-state index contributed by atoms with van der Waals surface area (Å²) in [5.41, 5.74) is 1.61. The van der Waals surface area contributed by atoms with Gasteiger partial charge in [0.05, 0.1) is 0 Å². The lowest BCUT2D eigenvalue weighted by molar-refractivity contribution is 0.0962. The standard InChI is InChI=1S/C12H12N2O3/c1-7-10(12(16)13-2)11(14-17-7)8-3-5-9(15)6-4-8/h3-6,15H,1-2H3,(H,13,16). The van der Waals surface area contributed by atoms with Gasteiger partial charge in [-0.25, -0.2) is 0 Å². The van der Waals surface area contributed by atoms with E-state index >= 15 is 0 Å². The maximum Gasteiger partial charge on any atom is 0.256 e. The van der Waals surface area contributed by atoms with Crippen molar-refractivity contribution >= 4 is 5.91 Å². The van der Waals surface area contributed by atoms with Crippen LogP contribution in [0.25, 0.3) is 11.3 Å². The molecule has 0 fully saturated rings. The minimum Gasteiger partial charge on any atom is -0.508 e. The molecule has 88 valence electrons. The van der Waals surface area contributed by atoms with E-state index in [0.717, 1.165) is 5.56 Å². The van der Waals surface area contributed by atoms with E-state index in [1.165, 1.54) is 12.1 Å². The molecule has 1 heterocycles. The number of nitrogens with one attached hydrogen (secondary N) is 1. The van der Waals surface area contributed by atoms with Gasteiger partial charge in [-0.3, -0.25) is 4.79 Å². The third-order valence-electron chi connectivity index (χ3n) is 2.46. The summed E-state index contributed by atoms with van der Waals surface area (Å²) in [6.07, 6.45) is 0. The average Bonchev–Trinajstić information content (AvgIpc) is 2.71. The second-order valence-corrected chi connectivity index (χ2v) is 3.59. The molecular formula is C12H12N2O3. The van der Waals surface area contributed by atoms with Crippen LogP contribution in [-0.4, -0.2) is 23.2 Å². The Morgan fingerprint density at radius 1 is 1.35 bits per heavy atom. The third-order valence-corrected chi connectivity index (χ3v) is 2.46. The monoisotopic (exact) mass is 232 g/mol. The van der Waals surface area contributed by atoms with Crippen molar-refractivity contribution in [1.29, 1.82) is 0 Å². The minimum absolute atomic E-state index is 0.162.